The topological polar surface area (TPSA) is 84.7 Å². The van der Waals surface area contributed by atoms with Crippen LogP contribution in [0, 0.1) is 13.8 Å². The first-order valence-electron chi connectivity index (χ1n) is 4.55. The molecule has 0 spiro atoms. The molecule has 2 rings (SSSR count). The van der Waals surface area contributed by atoms with Crippen molar-refractivity contribution in [3.63, 3.8) is 0 Å². The van der Waals surface area contributed by atoms with Gasteiger partial charge >= 0.3 is 0 Å². The predicted octanol–water partition coefficient (Wildman–Crippen LogP) is -0.0315. The van der Waals surface area contributed by atoms with E-state index in [1.54, 1.807) is 13.8 Å². The largest absolute Gasteiger partial charge is 0.372 e. The Kier molecular flexibility index (Phi) is 2.53. The molecule has 84 valence electrons. The van der Waals surface area contributed by atoms with Gasteiger partial charge in [-0.2, -0.15) is 0 Å². The number of sulfonamides is 1. The lowest BCUT2D eigenvalue weighted by Gasteiger charge is -2.03. The third-order valence-corrected chi connectivity index (χ3v) is 3.81. The Bertz CT molecular complexity index is 441. The highest BCUT2D eigenvalue weighted by Crippen LogP contribution is 2.19. The van der Waals surface area contributed by atoms with Crippen LogP contribution in [0.1, 0.15) is 11.5 Å². The van der Waals surface area contributed by atoms with Gasteiger partial charge in [0, 0.05) is 6.54 Å². The molecule has 0 aromatic carbocycles. The Morgan fingerprint density at radius 3 is 2.67 bits per heavy atom. The summed E-state index contributed by atoms with van der Waals surface area (Å²) >= 11 is 0. The van der Waals surface area contributed by atoms with Crippen LogP contribution in [-0.4, -0.2) is 32.8 Å². The van der Waals surface area contributed by atoms with E-state index in [2.05, 4.69) is 9.88 Å². The van der Waals surface area contributed by atoms with Crippen LogP contribution in [0.15, 0.2) is 9.42 Å². The molecule has 6 nitrogen and oxygen atoms in total. The van der Waals surface area contributed by atoms with Gasteiger partial charge in [-0.25, -0.2) is 13.1 Å². The minimum atomic E-state index is -3.52. The predicted molar refractivity (Wildman–Crippen MR) is 50.9 cm³/mol. The van der Waals surface area contributed by atoms with Gasteiger partial charge in [0.25, 0.3) is 0 Å². The summed E-state index contributed by atoms with van der Waals surface area (Å²) in [6.07, 6.45) is 0.0141. The summed E-state index contributed by atoms with van der Waals surface area (Å²) in [6, 6.07) is 0. The van der Waals surface area contributed by atoms with E-state index >= 15 is 0 Å². The van der Waals surface area contributed by atoms with Crippen molar-refractivity contribution >= 4 is 10.0 Å². The van der Waals surface area contributed by atoms with Crippen molar-refractivity contribution in [3.05, 3.63) is 11.5 Å². The Balaban J connectivity index is 2.20. The maximum Gasteiger partial charge on any atom is 0.246 e. The van der Waals surface area contributed by atoms with Crippen LogP contribution >= 0.6 is 0 Å². The number of aryl methyl sites for hydroxylation is 2. The van der Waals surface area contributed by atoms with Crippen molar-refractivity contribution in [1.29, 1.82) is 0 Å². The van der Waals surface area contributed by atoms with Gasteiger partial charge in [0.05, 0.1) is 12.7 Å². The average molecular weight is 232 g/mol. The molecule has 1 aliphatic heterocycles. The van der Waals surface area contributed by atoms with E-state index in [4.69, 9.17) is 9.26 Å². The van der Waals surface area contributed by atoms with Gasteiger partial charge < -0.3 is 9.26 Å². The highest BCUT2D eigenvalue weighted by molar-refractivity contribution is 7.89. The van der Waals surface area contributed by atoms with E-state index in [1.807, 2.05) is 0 Å². The lowest BCUT2D eigenvalue weighted by molar-refractivity contribution is 0.390. The molecule has 1 atom stereocenters. The van der Waals surface area contributed by atoms with Crippen molar-refractivity contribution in [2.24, 2.45) is 0 Å². The quantitative estimate of drug-likeness (QED) is 0.737. The number of nitrogens with zero attached hydrogens (tertiary/aromatic N) is 1. The van der Waals surface area contributed by atoms with E-state index in [9.17, 15) is 8.42 Å². The molecular weight excluding hydrogens is 220 g/mol. The summed E-state index contributed by atoms with van der Waals surface area (Å²) in [5, 5.41) is 3.60. The van der Waals surface area contributed by atoms with E-state index in [0.717, 1.165) is 0 Å². The van der Waals surface area contributed by atoms with Gasteiger partial charge in [0.1, 0.15) is 10.6 Å². The zero-order valence-corrected chi connectivity index (χ0v) is 9.30. The molecule has 0 aliphatic carbocycles. The highest BCUT2D eigenvalue weighted by Gasteiger charge is 2.28. The maximum absolute atomic E-state index is 11.8. The second-order valence-electron chi connectivity index (χ2n) is 3.46. The monoisotopic (exact) mass is 232 g/mol. The van der Waals surface area contributed by atoms with Crippen molar-refractivity contribution < 1.29 is 17.7 Å². The fourth-order valence-electron chi connectivity index (χ4n) is 1.32. The first-order valence-corrected chi connectivity index (χ1v) is 6.03. The van der Waals surface area contributed by atoms with E-state index in [-0.39, 0.29) is 11.0 Å². The first-order chi connectivity index (χ1) is 7.00. The van der Waals surface area contributed by atoms with Gasteiger partial charge in [-0.1, -0.05) is 5.16 Å². The fourth-order valence-corrected chi connectivity index (χ4v) is 2.71. The molecule has 2 heterocycles. The molecule has 1 aliphatic rings. The van der Waals surface area contributed by atoms with Crippen molar-refractivity contribution in [2.45, 2.75) is 24.8 Å². The molecule has 1 N–H and O–H groups in total. The van der Waals surface area contributed by atoms with Crippen LogP contribution in [0.4, 0.5) is 0 Å². The van der Waals surface area contributed by atoms with Gasteiger partial charge in [-0.05, 0) is 13.8 Å². The van der Waals surface area contributed by atoms with Gasteiger partial charge in [0.15, 0.2) is 5.76 Å². The summed E-state index contributed by atoms with van der Waals surface area (Å²) in [6.45, 7) is 4.08. The molecular formula is C8H12N2O4S. The number of aromatic nitrogens is 1. The maximum atomic E-state index is 11.8. The Hall–Kier alpha value is -0.920. The summed E-state index contributed by atoms with van der Waals surface area (Å²) in [5.74, 6) is 0.303. The van der Waals surface area contributed by atoms with Crippen LogP contribution in [-0.2, 0) is 14.8 Å². The molecule has 1 saturated heterocycles. The smallest absolute Gasteiger partial charge is 0.246 e. The molecule has 7 heteroatoms. The zero-order valence-electron chi connectivity index (χ0n) is 8.48. The number of hydrogen-bond donors (Lipinski definition) is 1. The minimum absolute atomic E-state index is 0.0141. The molecule has 0 saturated carbocycles. The van der Waals surface area contributed by atoms with Crippen molar-refractivity contribution in [1.82, 2.24) is 9.88 Å². The van der Waals surface area contributed by atoms with Crippen LogP contribution in [0.2, 0.25) is 0 Å². The highest BCUT2D eigenvalue weighted by atomic mass is 32.2. The van der Waals surface area contributed by atoms with E-state index in [0.29, 0.717) is 24.6 Å². The fraction of sp³-hybridized carbons (Fsp3) is 0.625. The molecule has 15 heavy (non-hydrogen) atoms. The molecule has 0 amide bonds. The summed E-state index contributed by atoms with van der Waals surface area (Å²) < 4.78 is 35.8. The number of epoxide rings is 1. The minimum Gasteiger partial charge on any atom is -0.372 e. The van der Waals surface area contributed by atoms with Crippen LogP contribution in [0.25, 0.3) is 0 Å². The summed E-state index contributed by atoms with van der Waals surface area (Å²) in [4.78, 5) is 0.128. The lowest BCUT2D eigenvalue weighted by atomic mass is 10.4. The summed E-state index contributed by atoms with van der Waals surface area (Å²) in [7, 11) is -3.52. The molecule has 0 bridgehead atoms. The second-order valence-corrected chi connectivity index (χ2v) is 5.16. The number of ether oxygens (including phenoxy) is 1. The van der Waals surface area contributed by atoms with Crippen LogP contribution < -0.4 is 4.72 Å². The van der Waals surface area contributed by atoms with Crippen LogP contribution in [0.5, 0.6) is 0 Å². The SMILES string of the molecule is Cc1noc(C)c1S(=O)(=O)NCC1CO1. The molecule has 1 aromatic heterocycles. The Morgan fingerprint density at radius 1 is 1.53 bits per heavy atom. The Morgan fingerprint density at radius 2 is 2.20 bits per heavy atom. The number of rotatable bonds is 4. The van der Waals surface area contributed by atoms with Crippen molar-refractivity contribution in [2.75, 3.05) is 13.2 Å². The molecule has 1 aromatic rings. The zero-order chi connectivity index (χ0) is 11.1. The second kappa shape index (κ2) is 3.58. The number of hydrogen-bond acceptors (Lipinski definition) is 5. The first kappa shape index (κ1) is 10.6. The number of nitrogens with one attached hydrogen (secondary N) is 1. The van der Waals surface area contributed by atoms with Gasteiger partial charge in [-0.15, -0.1) is 0 Å². The molecule has 1 unspecified atom stereocenters. The molecule has 0 radical (unpaired) electrons. The van der Waals surface area contributed by atoms with Gasteiger partial charge in [0.2, 0.25) is 10.0 Å². The third-order valence-electron chi connectivity index (χ3n) is 2.14. The average Bonchev–Trinajstić information content (AvgIpc) is 2.90. The van der Waals surface area contributed by atoms with Gasteiger partial charge in [-0.3, -0.25) is 0 Å². The van der Waals surface area contributed by atoms with E-state index < -0.39 is 10.0 Å². The standard InChI is InChI=1S/C8H12N2O4S/c1-5-8(6(2)14-10-5)15(11,12)9-3-7-4-13-7/h7,9H,3-4H2,1-2H3. The van der Waals surface area contributed by atoms with Crippen LogP contribution in [0.3, 0.4) is 0 Å². The molecule has 1 fully saturated rings. The Labute approximate surface area is 87.6 Å². The lowest BCUT2D eigenvalue weighted by Crippen LogP contribution is -2.28. The van der Waals surface area contributed by atoms with E-state index in [1.165, 1.54) is 0 Å². The summed E-state index contributed by atoms with van der Waals surface area (Å²) in [5.41, 5.74) is 0.372. The van der Waals surface area contributed by atoms with Crippen molar-refractivity contribution in [3.8, 4) is 0 Å². The normalized spacial score (nSPS) is 20.5. The third kappa shape index (κ3) is 2.19.